The lowest BCUT2D eigenvalue weighted by atomic mass is 10.0. The molecule has 5 rings (SSSR count). The van der Waals surface area contributed by atoms with Crippen molar-refractivity contribution in [3.05, 3.63) is 75.4 Å². The van der Waals surface area contributed by atoms with Crippen LogP contribution in [0.1, 0.15) is 29.4 Å². The monoisotopic (exact) mass is 418 g/mol. The summed E-state index contributed by atoms with van der Waals surface area (Å²) in [5.41, 5.74) is 2.61. The van der Waals surface area contributed by atoms with E-state index in [2.05, 4.69) is 10.1 Å². The van der Waals surface area contributed by atoms with Gasteiger partial charge < -0.3 is 4.57 Å². The number of rotatable bonds is 3. The fourth-order valence-electron chi connectivity index (χ4n) is 3.98. The number of hydrogen-bond acceptors (Lipinski definition) is 3. The van der Waals surface area contributed by atoms with E-state index in [0.29, 0.717) is 10.5 Å². The first-order valence-electron chi connectivity index (χ1n) is 9.00. The number of pyridine rings is 1. The van der Waals surface area contributed by atoms with Crippen LogP contribution >= 0.6 is 11.6 Å². The van der Waals surface area contributed by atoms with Crippen molar-refractivity contribution in [2.24, 2.45) is 0 Å². The van der Waals surface area contributed by atoms with Crippen molar-refractivity contribution in [2.75, 3.05) is 0 Å². The van der Waals surface area contributed by atoms with E-state index in [-0.39, 0.29) is 22.8 Å². The van der Waals surface area contributed by atoms with Crippen molar-refractivity contribution in [2.45, 2.75) is 31.0 Å². The molecular formula is C20H14ClF3N4O. The summed E-state index contributed by atoms with van der Waals surface area (Å²) in [4.78, 5) is 16.6. The highest BCUT2D eigenvalue weighted by molar-refractivity contribution is 6.29. The molecule has 0 saturated heterocycles. The second kappa shape index (κ2) is 6.32. The van der Waals surface area contributed by atoms with Gasteiger partial charge in [0.25, 0.3) is 0 Å². The molecule has 1 unspecified atom stereocenters. The van der Waals surface area contributed by atoms with Gasteiger partial charge in [0.05, 0.1) is 5.52 Å². The molecule has 1 fully saturated rings. The summed E-state index contributed by atoms with van der Waals surface area (Å²) in [6.45, 7) is -1.14. The Bertz CT molecular complexity index is 1310. The van der Waals surface area contributed by atoms with Gasteiger partial charge in [-0.3, -0.25) is 4.79 Å². The molecule has 2 atom stereocenters. The molecule has 1 aliphatic rings. The van der Waals surface area contributed by atoms with Crippen molar-refractivity contribution >= 4 is 28.2 Å². The minimum absolute atomic E-state index is 0.147. The summed E-state index contributed by atoms with van der Waals surface area (Å²) in [5.74, 6) is 0.313. The largest absolute Gasteiger partial charge is 0.406 e. The molecule has 3 heterocycles. The Kier molecular flexibility index (Phi) is 3.96. The number of benzene rings is 1. The number of fused-ring (bicyclic) bond motifs is 2. The number of imidazole rings is 1. The zero-order valence-electron chi connectivity index (χ0n) is 14.9. The molecule has 1 aromatic carbocycles. The second-order valence-corrected chi connectivity index (χ2v) is 7.65. The Labute approximate surface area is 167 Å². The highest BCUT2D eigenvalue weighted by Crippen LogP contribution is 2.55. The molecule has 148 valence electrons. The van der Waals surface area contributed by atoms with Crippen molar-refractivity contribution in [3.63, 3.8) is 0 Å². The highest BCUT2D eigenvalue weighted by Gasteiger charge is 2.41. The van der Waals surface area contributed by atoms with E-state index in [1.807, 2.05) is 0 Å². The van der Waals surface area contributed by atoms with Crippen LogP contribution < -0.4 is 5.43 Å². The van der Waals surface area contributed by atoms with E-state index in [9.17, 15) is 18.0 Å². The lowest BCUT2D eigenvalue weighted by Gasteiger charge is -2.13. The van der Waals surface area contributed by atoms with Crippen molar-refractivity contribution < 1.29 is 13.2 Å². The minimum Gasteiger partial charge on any atom is -0.338 e. The van der Waals surface area contributed by atoms with Crippen molar-refractivity contribution in [1.29, 1.82) is 0 Å². The van der Waals surface area contributed by atoms with Crippen molar-refractivity contribution in [3.8, 4) is 0 Å². The molecule has 4 aromatic rings. The Morgan fingerprint density at radius 1 is 1.14 bits per heavy atom. The summed E-state index contributed by atoms with van der Waals surface area (Å²) in [5, 5.41) is 4.84. The van der Waals surface area contributed by atoms with Gasteiger partial charge in [-0.1, -0.05) is 17.7 Å². The number of alkyl halides is 3. The lowest BCUT2D eigenvalue weighted by molar-refractivity contribution is -0.139. The first-order valence-corrected chi connectivity index (χ1v) is 9.37. The maximum absolute atomic E-state index is 12.8. The average Bonchev–Trinajstić information content (AvgIpc) is 3.32. The zero-order valence-corrected chi connectivity index (χ0v) is 15.7. The third kappa shape index (κ3) is 3.27. The molecule has 5 nitrogen and oxygen atoms in total. The predicted octanol–water partition coefficient (Wildman–Crippen LogP) is 4.53. The summed E-state index contributed by atoms with van der Waals surface area (Å²) in [7, 11) is 0. The molecule has 0 radical (unpaired) electrons. The SMILES string of the molecule is O=c1ccn(CC(F)(F)F)c2ccc([C@H]3CC3c3cc(Cl)nn4ccnc34)cc12. The summed E-state index contributed by atoms with van der Waals surface area (Å²) < 4.78 is 41.2. The first-order chi connectivity index (χ1) is 13.8. The van der Waals surface area contributed by atoms with E-state index in [1.54, 1.807) is 41.2 Å². The summed E-state index contributed by atoms with van der Waals surface area (Å²) in [6.07, 6.45) is 1.04. The molecule has 0 aliphatic heterocycles. The molecule has 3 aromatic heterocycles. The van der Waals surface area contributed by atoms with Gasteiger partial charge in [0.1, 0.15) is 11.7 Å². The molecule has 1 aliphatic carbocycles. The topological polar surface area (TPSA) is 52.2 Å². The van der Waals surface area contributed by atoms with Gasteiger partial charge in [0.15, 0.2) is 11.1 Å². The number of aromatic nitrogens is 4. The Hall–Kier alpha value is -2.87. The van der Waals surface area contributed by atoms with Crippen LogP contribution in [0.2, 0.25) is 5.15 Å². The van der Waals surface area contributed by atoms with Crippen LogP contribution in [0.15, 0.2) is 53.7 Å². The van der Waals surface area contributed by atoms with Crippen LogP contribution in [-0.4, -0.2) is 25.3 Å². The van der Waals surface area contributed by atoms with Gasteiger partial charge in [-0.05, 0) is 42.0 Å². The molecule has 1 saturated carbocycles. The molecule has 29 heavy (non-hydrogen) atoms. The Morgan fingerprint density at radius 2 is 1.97 bits per heavy atom. The zero-order chi connectivity index (χ0) is 20.3. The van der Waals surface area contributed by atoms with Gasteiger partial charge >= 0.3 is 6.18 Å². The normalized spacial score (nSPS) is 19.2. The average molecular weight is 419 g/mol. The van der Waals surface area contributed by atoms with E-state index in [0.717, 1.165) is 27.8 Å². The predicted molar refractivity (Wildman–Crippen MR) is 102 cm³/mol. The van der Waals surface area contributed by atoms with Gasteiger partial charge in [-0.2, -0.15) is 18.3 Å². The van der Waals surface area contributed by atoms with Gasteiger partial charge in [-0.25, -0.2) is 9.50 Å². The smallest absolute Gasteiger partial charge is 0.338 e. The van der Waals surface area contributed by atoms with E-state index < -0.39 is 12.7 Å². The van der Waals surface area contributed by atoms with Gasteiger partial charge in [-0.15, -0.1) is 0 Å². The van der Waals surface area contributed by atoms with E-state index in [1.165, 1.54) is 12.3 Å². The summed E-state index contributed by atoms with van der Waals surface area (Å²) >= 11 is 6.12. The van der Waals surface area contributed by atoms with Gasteiger partial charge in [0.2, 0.25) is 0 Å². The van der Waals surface area contributed by atoms with E-state index >= 15 is 0 Å². The van der Waals surface area contributed by atoms with Crippen LogP contribution in [-0.2, 0) is 6.54 Å². The van der Waals surface area contributed by atoms with Crippen LogP contribution in [0.25, 0.3) is 16.6 Å². The molecule has 9 heteroatoms. The van der Waals surface area contributed by atoms with E-state index in [4.69, 9.17) is 11.6 Å². The Balaban J connectivity index is 1.53. The van der Waals surface area contributed by atoms with Crippen LogP contribution in [0, 0.1) is 0 Å². The maximum Gasteiger partial charge on any atom is 0.406 e. The third-order valence-corrected chi connectivity index (χ3v) is 5.51. The molecular weight excluding hydrogens is 405 g/mol. The van der Waals surface area contributed by atoms with Crippen LogP contribution in [0.4, 0.5) is 13.2 Å². The quantitative estimate of drug-likeness (QED) is 0.491. The molecule has 0 spiro atoms. The fourth-order valence-corrected chi connectivity index (χ4v) is 4.18. The second-order valence-electron chi connectivity index (χ2n) is 7.27. The van der Waals surface area contributed by atoms with Crippen molar-refractivity contribution in [1.82, 2.24) is 19.2 Å². The number of hydrogen-bond donors (Lipinski definition) is 0. The standard InChI is InChI=1S/C20H14ClF3N4O/c21-18-9-14(19-25-4-6-28(19)26-18)13-8-12(13)11-1-2-16-15(7-11)17(29)3-5-27(16)10-20(22,23)24/h1-7,9,12-13H,8,10H2/t12-,13?/m1/s1. The first kappa shape index (κ1) is 18.2. The molecule has 0 N–H and O–H groups in total. The highest BCUT2D eigenvalue weighted by atomic mass is 35.5. The maximum atomic E-state index is 12.8. The Morgan fingerprint density at radius 3 is 2.76 bits per heavy atom. The fraction of sp³-hybridized carbons (Fsp3) is 0.250. The lowest BCUT2D eigenvalue weighted by Crippen LogP contribution is -2.19. The minimum atomic E-state index is -4.36. The van der Waals surface area contributed by atoms with Crippen LogP contribution in [0.3, 0.4) is 0 Å². The number of nitrogens with zero attached hydrogens (tertiary/aromatic N) is 4. The molecule has 0 amide bonds. The number of halogens is 4. The molecule has 0 bridgehead atoms. The van der Waals surface area contributed by atoms with Crippen LogP contribution in [0.5, 0.6) is 0 Å². The van der Waals surface area contributed by atoms with Gasteiger partial charge in [0, 0.05) is 35.6 Å². The summed E-state index contributed by atoms with van der Waals surface area (Å²) in [6, 6.07) is 8.08. The third-order valence-electron chi connectivity index (χ3n) is 5.33.